The lowest BCUT2D eigenvalue weighted by Crippen LogP contribution is -2.06. The minimum Gasteiger partial charge on any atom is -0.497 e. The summed E-state index contributed by atoms with van der Waals surface area (Å²) in [6, 6.07) is 4.22. The number of methoxy groups -OCH3 is 1. The molecule has 0 aliphatic heterocycles. The Morgan fingerprint density at radius 1 is 1.50 bits per heavy atom. The zero-order chi connectivity index (χ0) is 13.1. The molecule has 0 saturated heterocycles. The second-order valence-corrected chi connectivity index (χ2v) is 4.77. The van der Waals surface area contributed by atoms with Crippen LogP contribution in [0.5, 0.6) is 5.75 Å². The van der Waals surface area contributed by atoms with Gasteiger partial charge in [0.15, 0.2) is 5.78 Å². The number of nitrogens with zero attached hydrogens (tertiary/aromatic N) is 1. The topological polar surface area (TPSA) is 39.2 Å². The molecule has 2 rings (SSSR count). The number of carbonyl (C=O) groups is 1. The molecule has 1 aromatic heterocycles. The Morgan fingerprint density at radius 3 is 2.83 bits per heavy atom. The molecule has 18 heavy (non-hydrogen) atoms. The van der Waals surface area contributed by atoms with Crippen molar-refractivity contribution in [2.45, 2.75) is 13.3 Å². The van der Waals surface area contributed by atoms with Crippen molar-refractivity contribution in [3.05, 3.63) is 45.7 Å². The number of hydrogen-bond donors (Lipinski definition) is 0. The van der Waals surface area contributed by atoms with Gasteiger partial charge in [0, 0.05) is 17.1 Å². The van der Waals surface area contributed by atoms with Gasteiger partial charge >= 0.3 is 0 Å². The standard InChI is InChI=1S/C13H12FNO2S/c1-8-7-18-13(15-8)6-12(16)10-4-3-9(17-2)5-11(10)14/h3-5,7H,6H2,1-2H3. The molecule has 5 heteroatoms. The molecular weight excluding hydrogens is 253 g/mol. The third kappa shape index (κ3) is 2.73. The fourth-order valence-corrected chi connectivity index (χ4v) is 2.34. The summed E-state index contributed by atoms with van der Waals surface area (Å²) in [5.74, 6) is -0.439. The van der Waals surface area contributed by atoms with E-state index < -0.39 is 5.82 Å². The van der Waals surface area contributed by atoms with Gasteiger partial charge in [0.25, 0.3) is 0 Å². The number of ketones is 1. The first-order valence-corrected chi connectivity index (χ1v) is 6.26. The van der Waals surface area contributed by atoms with Gasteiger partial charge in [-0.25, -0.2) is 9.37 Å². The van der Waals surface area contributed by atoms with Crippen molar-refractivity contribution in [3.63, 3.8) is 0 Å². The maximum absolute atomic E-state index is 13.7. The largest absolute Gasteiger partial charge is 0.497 e. The fraction of sp³-hybridized carbons (Fsp3) is 0.231. The molecule has 94 valence electrons. The minimum absolute atomic E-state index is 0.0728. The minimum atomic E-state index is -0.562. The Hall–Kier alpha value is -1.75. The molecular formula is C13H12FNO2S. The van der Waals surface area contributed by atoms with E-state index in [2.05, 4.69) is 4.98 Å². The highest BCUT2D eigenvalue weighted by atomic mass is 32.1. The third-order valence-electron chi connectivity index (χ3n) is 2.46. The first-order chi connectivity index (χ1) is 8.60. The molecule has 0 aliphatic rings. The zero-order valence-electron chi connectivity index (χ0n) is 10.1. The number of rotatable bonds is 4. The van der Waals surface area contributed by atoms with Gasteiger partial charge in [0.1, 0.15) is 16.6 Å². The van der Waals surface area contributed by atoms with Crippen LogP contribution in [-0.4, -0.2) is 17.9 Å². The van der Waals surface area contributed by atoms with Crippen molar-refractivity contribution in [1.29, 1.82) is 0 Å². The van der Waals surface area contributed by atoms with Crippen LogP contribution in [0.1, 0.15) is 21.1 Å². The molecule has 0 radical (unpaired) electrons. The molecule has 0 unspecified atom stereocenters. The number of aryl methyl sites for hydroxylation is 1. The number of halogens is 1. The van der Waals surface area contributed by atoms with Gasteiger partial charge in [-0.2, -0.15) is 0 Å². The van der Waals surface area contributed by atoms with Crippen LogP contribution in [0.25, 0.3) is 0 Å². The lowest BCUT2D eigenvalue weighted by molar-refractivity contribution is 0.0989. The Balaban J connectivity index is 2.18. The van der Waals surface area contributed by atoms with Gasteiger partial charge in [-0.15, -0.1) is 11.3 Å². The maximum atomic E-state index is 13.7. The Kier molecular flexibility index (Phi) is 3.72. The summed E-state index contributed by atoms with van der Waals surface area (Å²) >= 11 is 1.41. The second kappa shape index (κ2) is 5.27. The summed E-state index contributed by atoms with van der Waals surface area (Å²) in [4.78, 5) is 16.1. The second-order valence-electron chi connectivity index (χ2n) is 3.83. The van der Waals surface area contributed by atoms with Gasteiger partial charge in [-0.3, -0.25) is 4.79 Å². The number of thiazole rings is 1. The number of benzene rings is 1. The van der Waals surface area contributed by atoms with E-state index in [0.29, 0.717) is 10.8 Å². The van der Waals surface area contributed by atoms with Crippen molar-refractivity contribution in [2.24, 2.45) is 0 Å². The summed E-state index contributed by atoms with van der Waals surface area (Å²) in [6.45, 7) is 1.86. The van der Waals surface area contributed by atoms with Crippen molar-refractivity contribution >= 4 is 17.1 Å². The van der Waals surface area contributed by atoms with Crippen molar-refractivity contribution in [1.82, 2.24) is 4.98 Å². The predicted molar refractivity (Wildman–Crippen MR) is 67.8 cm³/mol. The lowest BCUT2D eigenvalue weighted by atomic mass is 10.1. The van der Waals surface area contributed by atoms with Gasteiger partial charge in [0.05, 0.1) is 19.1 Å². The zero-order valence-corrected chi connectivity index (χ0v) is 10.9. The number of Topliss-reactive ketones (excluding diaryl/α,β-unsaturated/α-hetero) is 1. The summed E-state index contributed by atoms with van der Waals surface area (Å²) in [7, 11) is 1.45. The molecule has 0 aliphatic carbocycles. The molecule has 1 aromatic carbocycles. The molecule has 0 amide bonds. The van der Waals surface area contributed by atoms with Crippen molar-refractivity contribution in [2.75, 3.05) is 7.11 Å². The highest BCUT2D eigenvalue weighted by Crippen LogP contribution is 2.19. The highest BCUT2D eigenvalue weighted by molar-refractivity contribution is 7.09. The fourth-order valence-electron chi connectivity index (χ4n) is 1.57. The average molecular weight is 265 g/mol. The maximum Gasteiger partial charge on any atom is 0.172 e. The van der Waals surface area contributed by atoms with Crippen LogP contribution >= 0.6 is 11.3 Å². The van der Waals surface area contributed by atoms with E-state index in [9.17, 15) is 9.18 Å². The van der Waals surface area contributed by atoms with Crippen LogP contribution < -0.4 is 4.74 Å². The summed E-state index contributed by atoms with van der Waals surface area (Å²) in [5.41, 5.74) is 0.946. The average Bonchev–Trinajstić information content (AvgIpc) is 2.74. The van der Waals surface area contributed by atoms with Crippen LogP contribution in [0.3, 0.4) is 0 Å². The van der Waals surface area contributed by atoms with Gasteiger partial charge in [-0.1, -0.05) is 0 Å². The van der Waals surface area contributed by atoms with E-state index in [1.54, 1.807) is 6.07 Å². The molecule has 0 saturated carbocycles. The summed E-state index contributed by atoms with van der Waals surface area (Å²) in [5, 5.41) is 2.57. The quantitative estimate of drug-likeness (QED) is 0.798. The smallest absolute Gasteiger partial charge is 0.172 e. The van der Waals surface area contributed by atoms with Crippen LogP contribution in [0.4, 0.5) is 4.39 Å². The van der Waals surface area contributed by atoms with Gasteiger partial charge < -0.3 is 4.74 Å². The van der Waals surface area contributed by atoms with E-state index in [0.717, 1.165) is 5.69 Å². The van der Waals surface area contributed by atoms with E-state index in [4.69, 9.17) is 4.74 Å². The normalized spacial score (nSPS) is 10.4. The molecule has 0 spiro atoms. The summed E-state index contributed by atoms with van der Waals surface area (Å²) < 4.78 is 18.6. The molecule has 3 nitrogen and oxygen atoms in total. The van der Waals surface area contributed by atoms with Crippen molar-refractivity contribution in [3.8, 4) is 5.75 Å². The van der Waals surface area contributed by atoms with E-state index in [-0.39, 0.29) is 17.8 Å². The van der Waals surface area contributed by atoms with Crippen LogP contribution in [0.2, 0.25) is 0 Å². The lowest BCUT2D eigenvalue weighted by Gasteiger charge is -2.03. The molecule has 0 bridgehead atoms. The number of aromatic nitrogens is 1. The predicted octanol–water partition coefficient (Wildman–Crippen LogP) is 3.02. The Bertz CT molecular complexity index is 580. The van der Waals surface area contributed by atoms with Crippen molar-refractivity contribution < 1.29 is 13.9 Å². The Labute approximate surface area is 108 Å². The molecule has 2 aromatic rings. The van der Waals surface area contributed by atoms with Gasteiger partial charge in [-0.05, 0) is 19.1 Å². The van der Waals surface area contributed by atoms with E-state index >= 15 is 0 Å². The van der Waals surface area contributed by atoms with Gasteiger partial charge in [0.2, 0.25) is 0 Å². The SMILES string of the molecule is COc1ccc(C(=O)Cc2nc(C)cs2)c(F)c1. The molecule has 1 heterocycles. The summed E-state index contributed by atoms with van der Waals surface area (Å²) in [6.07, 6.45) is 0.127. The van der Waals surface area contributed by atoms with Crippen LogP contribution in [0.15, 0.2) is 23.6 Å². The van der Waals surface area contributed by atoms with Crippen LogP contribution in [0, 0.1) is 12.7 Å². The highest BCUT2D eigenvalue weighted by Gasteiger charge is 2.14. The first kappa shape index (κ1) is 12.7. The molecule has 0 N–H and O–H groups in total. The number of carbonyl (C=O) groups excluding carboxylic acids is 1. The molecule has 0 atom stereocenters. The van der Waals surface area contributed by atoms with E-state index in [1.165, 1.54) is 30.6 Å². The number of ether oxygens (including phenoxy) is 1. The number of hydrogen-bond acceptors (Lipinski definition) is 4. The first-order valence-electron chi connectivity index (χ1n) is 5.38. The van der Waals surface area contributed by atoms with E-state index in [1.807, 2.05) is 12.3 Å². The third-order valence-corrected chi connectivity index (χ3v) is 3.42. The monoisotopic (exact) mass is 265 g/mol. The van der Waals surface area contributed by atoms with Crippen LogP contribution in [-0.2, 0) is 6.42 Å². The Morgan fingerprint density at radius 2 is 2.28 bits per heavy atom. The molecule has 0 fully saturated rings.